The molecule has 0 saturated carbocycles. The molecule has 0 aliphatic carbocycles. The first-order valence-electron chi connectivity index (χ1n) is 11.4. The van der Waals surface area contributed by atoms with E-state index in [4.69, 9.17) is 9.47 Å². The molecule has 0 unspecified atom stereocenters. The van der Waals surface area contributed by atoms with Gasteiger partial charge in [0.2, 0.25) is 0 Å². The first-order chi connectivity index (χ1) is 15.5. The maximum Gasteiger partial charge on any atom is 0.411 e. The van der Waals surface area contributed by atoms with E-state index >= 15 is 0 Å². The van der Waals surface area contributed by atoms with Crippen LogP contribution in [0.5, 0.6) is 5.75 Å². The number of aromatic nitrogens is 1. The van der Waals surface area contributed by atoms with E-state index in [2.05, 4.69) is 22.1 Å². The molecule has 174 valence electrons. The first kappa shape index (κ1) is 23.8. The normalized spacial score (nSPS) is 18.9. The van der Waals surface area contributed by atoms with E-state index in [1.54, 1.807) is 31.5 Å². The van der Waals surface area contributed by atoms with E-state index in [1.165, 1.54) is 19.3 Å². The number of fused-ring (bicyclic) bond motifs is 1. The fourth-order valence-electron chi connectivity index (χ4n) is 4.16. The van der Waals surface area contributed by atoms with Crippen molar-refractivity contribution >= 4 is 28.7 Å². The average molecular weight is 444 g/mol. The number of hydrogen-bond acceptors (Lipinski definition) is 6. The Morgan fingerprint density at radius 1 is 1.22 bits per heavy atom. The highest BCUT2D eigenvalue weighted by atomic mass is 16.6. The summed E-state index contributed by atoms with van der Waals surface area (Å²) < 4.78 is 10.8. The van der Waals surface area contributed by atoms with Crippen LogP contribution in [-0.4, -0.2) is 59.9 Å². The second kappa shape index (κ2) is 11.7. The number of anilines is 1. The molecule has 3 rings (SSSR count). The molecule has 2 heterocycles. The number of carboxylic acid groups (broad SMARTS) is 1. The molecule has 0 spiro atoms. The average Bonchev–Trinajstić information content (AvgIpc) is 2.79. The molecule has 0 bridgehead atoms. The fraction of sp³-hybridized carbons (Fsp3) is 0.542. The van der Waals surface area contributed by atoms with E-state index < -0.39 is 24.1 Å². The van der Waals surface area contributed by atoms with Gasteiger partial charge in [-0.2, -0.15) is 0 Å². The van der Waals surface area contributed by atoms with E-state index in [9.17, 15) is 14.7 Å². The van der Waals surface area contributed by atoms with Crippen LogP contribution in [0.1, 0.15) is 45.4 Å². The van der Waals surface area contributed by atoms with Crippen LogP contribution in [0.25, 0.3) is 10.9 Å². The van der Waals surface area contributed by atoms with Crippen LogP contribution in [0.3, 0.4) is 0 Å². The quantitative estimate of drug-likeness (QED) is 0.520. The molecule has 1 fully saturated rings. The molecule has 1 aliphatic rings. The second-order valence-corrected chi connectivity index (χ2v) is 8.26. The predicted molar refractivity (Wildman–Crippen MR) is 123 cm³/mol. The van der Waals surface area contributed by atoms with E-state index in [0.29, 0.717) is 29.9 Å². The second-order valence-electron chi connectivity index (χ2n) is 8.26. The molecule has 1 aromatic carbocycles. The summed E-state index contributed by atoms with van der Waals surface area (Å²) in [4.78, 5) is 30.9. The third kappa shape index (κ3) is 6.32. The van der Waals surface area contributed by atoms with Gasteiger partial charge < -0.3 is 19.5 Å². The summed E-state index contributed by atoms with van der Waals surface area (Å²) in [6.07, 6.45) is 6.67. The highest BCUT2D eigenvalue weighted by Crippen LogP contribution is 2.27. The van der Waals surface area contributed by atoms with Crippen LogP contribution >= 0.6 is 0 Å². The van der Waals surface area contributed by atoms with Crippen molar-refractivity contribution in [3.63, 3.8) is 0 Å². The predicted octanol–water partition coefficient (Wildman–Crippen LogP) is 4.54. The van der Waals surface area contributed by atoms with Gasteiger partial charge in [0.15, 0.2) is 0 Å². The van der Waals surface area contributed by atoms with Crippen molar-refractivity contribution in [1.29, 1.82) is 0 Å². The van der Waals surface area contributed by atoms with Crippen molar-refractivity contribution in [2.45, 2.75) is 51.6 Å². The molecule has 2 atom stereocenters. The van der Waals surface area contributed by atoms with E-state index in [1.807, 2.05) is 6.07 Å². The Balaban J connectivity index is 1.58. The SMILES string of the molecule is CCCCCCCN1CC[C@H](OC(=O)Nc2ccnc3ccc(OC)cc23)[C@H](C(=O)O)C1. The third-order valence-electron chi connectivity index (χ3n) is 5.97. The van der Waals surface area contributed by atoms with Crippen molar-refractivity contribution in [1.82, 2.24) is 9.88 Å². The minimum Gasteiger partial charge on any atom is -0.497 e. The summed E-state index contributed by atoms with van der Waals surface area (Å²) in [5.74, 6) is -1.02. The zero-order valence-corrected chi connectivity index (χ0v) is 18.9. The Morgan fingerprint density at radius 2 is 2.03 bits per heavy atom. The number of benzene rings is 1. The summed E-state index contributed by atoms with van der Waals surface area (Å²) in [7, 11) is 1.57. The first-order valence-corrected chi connectivity index (χ1v) is 11.4. The molecule has 8 nitrogen and oxygen atoms in total. The van der Waals surface area contributed by atoms with Crippen LogP contribution in [0, 0.1) is 5.92 Å². The molecule has 2 aromatic rings. The summed E-state index contributed by atoms with van der Waals surface area (Å²) in [6, 6.07) is 7.07. The number of nitrogens with zero attached hydrogens (tertiary/aromatic N) is 2. The van der Waals surface area contributed by atoms with Crippen molar-refractivity contribution in [2.24, 2.45) is 5.92 Å². The number of unbranched alkanes of at least 4 members (excludes halogenated alkanes) is 4. The maximum absolute atomic E-state index is 12.6. The van der Waals surface area contributed by atoms with E-state index in [-0.39, 0.29) is 0 Å². The molecule has 32 heavy (non-hydrogen) atoms. The molecule has 2 N–H and O–H groups in total. The number of aliphatic carboxylic acids is 1. The summed E-state index contributed by atoms with van der Waals surface area (Å²) >= 11 is 0. The number of hydrogen-bond donors (Lipinski definition) is 2. The number of carboxylic acids is 1. The number of rotatable bonds is 10. The number of amides is 1. The maximum atomic E-state index is 12.6. The number of nitrogens with one attached hydrogen (secondary N) is 1. The minimum atomic E-state index is -0.933. The van der Waals surface area contributed by atoms with Crippen LogP contribution < -0.4 is 10.1 Å². The molecular formula is C24H33N3O5. The zero-order valence-electron chi connectivity index (χ0n) is 18.9. The molecule has 1 aromatic heterocycles. The van der Waals surface area contributed by atoms with Gasteiger partial charge >= 0.3 is 12.1 Å². The van der Waals surface area contributed by atoms with Gasteiger partial charge in [-0.1, -0.05) is 32.6 Å². The molecule has 1 aliphatic heterocycles. The molecule has 1 saturated heterocycles. The van der Waals surface area contributed by atoms with Gasteiger partial charge in [0.05, 0.1) is 18.3 Å². The van der Waals surface area contributed by atoms with E-state index in [0.717, 1.165) is 31.3 Å². The minimum absolute atomic E-state index is 0.399. The lowest BCUT2D eigenvalue weighted by Crippen LogP contribution is -2.48. The number of likely N-dealkylation sites (tertiary alicyclic amines) is 1. The highest BCUT2D eigenvalue weighted by molar-refractivity contribution is 5.99. The lowest BCUT2D eigenvalue weighted by molar-refractivity contribution is -0.148. The van der Waals surface area contributed by atoms with Gasteiger partial charge in [-0.05, 0) is 43.7 Å². The van der Waals surface area contributed by atoms with Crippen molar-refractivity contribution in [3.8, 4) is 5.75 Å². The molecule has 1 amide bonds. The lowest BCUT2D eigenvalue weighted by Gasteiger charge is -2.36. The number of carbonyl (C=O) groups excluding carboxylic acids is 1. The summed E-state index contributed by atoms with van der Waals surface area (Å²) in [5.41, 5.74) is 1.24. The Bertz CT molecular complexity index is 920. The largest absolute Gasteiger partial charge is 0.497 e. The van der Waals surface area contributed by atoms with Crippen LogP contribution in [0.15, 0.2) is 30.5 Å². The zero-order chi connectivity index (χ0) is 22.9. The van der Waals surface area contributed by atoms with Crippen LogP contribution in [-0.2, 0) is 9.53 Å². The Kier molecular flexibility index (Phi) is 8.67. The number of pyridine rings is 1. The molecule has 8 heteroatoms. The Labute approximate surface area is 188 Å². The van der Waals surface area contributed by atoms with Gasteiger partial charge in [-0.15, -0.1) is 0 Å². The number of piperidine rings is 1. The smallest absolute Gasteiger partial charge is 0.411 e. The Hall–Kier alpha value is -2.87. The van der Waals surface area contributed by atoms with Crippen molar-refractivity contribution in [3.05, 3.63) is 30.5 Å². The Morgan fingerprint density at radius 3 is 2.78 bits per heavy atom. The van der Waals surface area contributed by atoms with Gasteiger partial charge in [0, 0.05) is 24.7 Å². The summed E-state index contributed by atoms with van der Waals surface area (Å²) in [6.45, 7) is 4.20. The van der Waals surface area contributed by atoms with Crippen molar-refractivity contribution in [2.75, 3.05) is 32.1 Å². The van der Waals surface area contributed by atoms with Gasteiger partial charge in [-0.25, -0.2) is 4.79 Å². The summed E-state index contributed by atoms with van der Waals surface area (Å²) in [5, 5.41) is 13.2. The van der Waals surface area contributed by atoms with Gasteiger partial charge in [-0.3, -0.25) is 15.1 Å². The molecule has 0 radical (unpaired) electrons. The van der Waals surface area contributed by atoms with Gasteiger partial charge in [0.25, 0.3) is 0 Å². The monoisotopic (exact) mass is 443 g/mol. The standard InChI is InChI=1S/C24H33N3O5/c1-3-4-5-6-7-13-27-14-11-22(19(16-27)23(28)29)32-24(30)26-21-10-12-25-20-9-8-17(31-2)15-18(20)21/h8-10,12,15,19,22H,3-7,11,13-14,16H2,1-2H3,(H,28,29)(H,25,26,30)/t19-,22+/m1/s1. The van der Waals surface area contributed by atoms with Gasteiger partial charge in [0.1, 0.15) is 17.8 Å². The number of methoxy groups -OCH3 is 1. The topological polar surface area (TPSA) is 101 Å². The molecular weight excluding hydrogens is 410 g/mol. The number of ether oxygens (including phenoxy) is 2. The number of carbonyl (C=O) groups is 2. The van der Waals surface area contributed by atoms with Crippen LogP contribution in [0.2, 0.25) is 0 Å². The van der Waals surface area contributed by atoms with Crippen LogP contribution in [0.4, 0.5) is 10.5 Å². The lowest BCUT2D eigenvalue weighted by atomic mass is 9.94. The van der Waals surface area contributed by atoms with Crippen molar-refractivity contribution < 1.29 is 24.2 Å². The highest BCUT2D eigenvalue weighted by Gasteiger charge is 2.36. The fourth-order valence-corrected chi connectivity index (χ4v) is 4.16. The third-order valence-corrected chi connectivity index (χ3v) is 5.97.